The van der Waals surface area contributed by atoms with Gasteiger partial charge in [-0.25, -0.2) is 8.42 Å². The number of aliphatic carboxylic acids is 1. The van der Waals surface area contributed by atoms with Crippen LogP contribution in [0.5, 0.6) is 0 Å². The lowest BCUT2D eigenvalue weighted by Gasteiger charge is -2.20. The molecule has 1 atom stereocenters. The summed E-state index contributed by atoms with van der Waals surface area (Å²) in [5.74, 6) is -0.927. The summed E-state index contributed by atoms with van der Waals surface area (Å²) < 4.78 is 26.3. The molecule has 0 radical (unpaired) electrons. The van der Waals surface area contributed by atoms with Crippen LogP contribution in [0.15, 0.2) is 29.2 Å². The molecule has 1 N–H and O–H groups in total. The maximum absolute atomic E-state index is 12.4. The molecule has 0 amide bonds. The Morgan fingerprint density at radius 3 is 2.47 bits per heavy atom. The van der Waals surface area contributed by atoms with Gasteiger partial charge in [0.25, 0.3) is 0 Å². The summed E-state index contributed by atoms with van der Waals surface area (Å²) in [4.78, 5) is 10.8. The van der Waals surface area contributed by atoms with E-state index >= 15 is 0 Å². The molecule has 1 fully saturated rings. The molecule has 1 aliphatic rings. The Bertz CT molecular complexity index is 565. The van der Waals surface area contributed by atoms with Crippen LogP contribution >= 0.6 is 0 Å². The number of carbonyl (C=O) groups is 1. The summed E-state index contributed by atoms with van der Waals surface area (Å²) in [6, 6.07) is 6.12. The van der Waals surface area contributed by atoms with Gasteiger partial charge in [-0.05, 0) is 37.5 Å². The molecule has 19 heavy (non-hydrogen) atoms. The van der Waals surface area contributed by atoms with Crippen molar-refractivity contribution in [2.24, 2.45) is 0 Å². The molecule has 0 aliphatic carbocycles. The minimum absolute atomic E-state index is 0.0312. The first-order valence-corrected chi connectivity index (χ1v) is 7.68. The molecule has 0 spiro atoms. The van der Waals surface area contributed by atoms with Crippen molar-refractivity contribution in [1.82, 2.24) is 4.31 Å². The third kappa shape index (κ3) is 2.96. The van der Waals surface area contributed by atoms with Crippen LogP contribution in [0, 0.1) is 0 Å². The minimum atomic E-state index is -3.45. The Morgan fingerprint density at radius 2 is 2.00 bits per heavy atom. The fraction of sp³-hybridized carbons (Fsp3) is 0.462. The summed E-state index contributed by atoms with van der Waals surface area (Å²) in [6.45, 7) is 2.46. The number of hydrogen-bond donors (Lipinski definition) is 1. The molecule has 104 valence electrons. The van der Waals surface area contributed by atoms with Crippen LogP contribution in [0.25, 0.3) is 0 Å². The summed E-state index contributed by atoms with van der Waals surface area (Å²) in [7, 11) is -3.45. The van der Waals surface area contributed by atoms with Crippen molar-refractivity contribution in [3.8, 4) is 0 Å². The van der Waals surface area contributed by atoms with Gasteiger partial charge in [0.1, 0.15) is 0 Å². The fourth-order valence-corrected chi connectivity index (χ4v) is 4.05. The smallest absolute Gasteiger partial charge is 0.307 e. The molecular weight excluding hydrogens is 266 g/mol. The predicted molar refractivity (Wildman–Crippen MR) is 70.4 cm³/mol. The average molecular weight is 283 g/mol. The van der Waals surface area contributed by atoms with E-state index in [2.05, 4.69) is 0 Å². The number of benzene rings is 1. The topological polar surface area (TPSA) is 74.7 Å². The molecule has 2 rings (SSSR count). The van der Waals surface area contributed by atoms with E-state index < -0.39 is 16.0 Å². The van der Waals surface area contributed by atoms with Crippen LogP contribution in [0.4, 0.5) is 0 Å². The highest BCUT2D eigenvalue weighted by molar-refractivity contribution is 7.89. The molecule has 6 heteroatoms. The fourth-order valence-electron chi connectivity index (χ4n) is 2.35. The van der Waals surface area contributed by atoms with E-state index in [1.165, 1.54) is 16.4 Å². The van der Waals surface area contributed by atoms with Crippen LogP contribution in [0.1, 0.15) is 25.3 Å². The first-order chi connectivity index (χ1) is 8.91. The van der Waals surface area contributed by atoms with Crippen LogP contribution in [-0.4, -0.2) is 36.4 Å². The second-order valence-electron chi connectivity index (χ2n) is 4.82. The van der Waals surface area contributed by atoms with Gasteiger partial charge in [-0.3, -0.25) is 4.79 Å². The molecule has 5 nitrogen and oxygen atoms in total. The van der Waals surface area contributed by atoms with E-state index in [0.717, 1.165) is 12.8 Å². The third-order valence-electron chi connectivity index (χ3n) is 3.38. The van der Waals surface area contributed by atoms with Gasteiger partial charge in [0.05, 0.1) is 11.3 Å². The first kappa shape index (κ1) is 14.0. The average Bonchev–Trinajstić information content (AvgIpc) is 2.76. The maximum Gasteiger partial charge on any atom is 0.307 e. The van der Waals surface area contributed by atoms with Gasteiger partial charge in [-0.2, -0.15) is 4.31 Å². The Kier molecular flexibility index (Phi) is 3.91. The van der Waals surface area contributed by atoms with Crippen LogP contribution in [0.3, 0.4) is 0 Å². The summed E-state index contributed by atoms with van der Waals surface area (Å²) in [5.41, 5.74) is 0.598. The van der Waals surface area contributed by atoms with E-state index in [9.17, 15) is 13.2 Å². The number of carboxylic acid groups (broad SMARTS) is 1. The second kappa shape index (κ2) is 5.30. The van der Waals surface area contributed by atoms with Gasteiger partial charge in [0, 0.05) is 12.6 Å². The Hall–Kier alpha value is -1.40. The van der Waals surface area contributed by atoms with Crippen LogP contribution < -0.4 is 0 Å². The zero-order valence-electron chi connectivity index (χ0n) is 10.7. The first-order valence-electron chi connectivity index (χ1n) is 6.24. The number of carboxylic acids is 1. The molecule has 1 aromatic rings. The lowest BCUT2D eigenvalue weighted by Crippen LogP contribution is -2.33. The zero-order valence-corrected chi connectivity index (χ0v) is 11.6. The molecular formula is C13H17NO4S. The quantitative estimate of drug-likeness (QED) is 0.908. The molecule has 1 aromatic carbocycles. The Labute approximate surface area is 112 Å². The largest absolute Gasteiger partial charge is 0.481 e. The zero-order chi connectivity index (χ0) is 14.0. The maximum atomic E-state index is 12.4. The van der Waals surface area contributed by atoms with E-state index in [1.807, 2.05) is 6.92 Å². The van der Waals surface area contributed by atoms with Crippen LogP contribution in [-0.2, 0) is 21.2 Å². The normalized spacial score (nSPS) is 20.6. The van der Waals surface area contributed by atoms with Crippen molar-refractivity contribution in [1.29, 1.82) is 0 Å². The standard InChI is InChI=1S/C13H17NO4S/c1-10-3-2-8-14(10)19(17,18)12-6-4-11(5-7-12)9-13(15)16/h4-7,10H,2-3,8-9H2,1H3,(H,15,16). The SMILES string of the molecule is CC1CCCN1S(=O)(=O)c1ccc(CC(=O)O)cc1. The molecule has 0 aromatic heterocycles. The summed E-state index contributed by atoms with van der Waals surface area (Å²) in [6.07, 6.45) is 1.67. The molecule has 1 aliphatic heterocycles. The highest BCUT2D eigenvalue weighted by atomic mass is 32.2. The van der Waals surface area contributed by atoms with Crippen molar-refractivity contribution in [3.63, 3.8) is 0 Å². The molecule has 1 unspecified atom stereocenters. The lowest BCUT2D eigenvalue weighted by atomic mass is 10.2. The van der Waals surface area contributed by atoms with Crippen molar-refractivity contribution in [2.45, 2.75) is 37.1 Å². The van der Waals surface area contributed by atoms with E-state index in [-0.39, 0.29) is 17.4 Å². The van der Waals surface area contributed by atoms with Crippen molar-refractivity contribution < 1.29 is 18.3 Å². The van der Waals surface area contributed by atoms with Gasteiger partial charge in [-0.15, -0.1) is 0 Å². The van der Waals surface area contributed by atoms with Crippen LogP contribution in [0.2, 0.25) is 0 Å². The highest BCUT2D eigenvalue weighted by Gasteiger charge is 2.32. The van der Waals surface area contributed by atoms with E-state index in [0.29, 0.717) is 12.1 Å². The molecule has 0 saturated carbocycles. The van der Waals surface area contributed by atoms with Crippen molar-refractivity contribution >= 4 is 16.0 Å². The molecule has 1 saturated heterocycles. The molecule has 0 bridgehead atoms. The number of nitrogens with zero attached hydrogens (tertiary/aromatic N) is 1. The van der Waals surface area contributed by atoms with Gasteiger partial charge >= 0.3 is 5.97 Å². The summed E-state index contributed by atoms with van der Waals surface area (Å²) in [5, 5.41) is 8.68. The van der Waals surface area contributed by atoms with Gasteiger partial charge in [0.15, 0.2) is 0 Å². The Morgan fingerprint density at radius 1 is 1.37 bits per heavy atom. The Balaban J connectivity index is 2.24. The van der Waals surface area contributed by atoms with E-state index in [4.69, 9.17) is 5.11 Å². The van der Waals surface area contributed by atoms with Gasteiger partial charge < -0.3 is 5.11 Å². The lowest BCUT2D eigenvalue weighted by molar-refractivity contribution is -0.136. The predicted octanol–water partition coefficient (Wildman–Crippen LogP) is 1.49. The van der Waals surface area contributed by atoms with Gasteiger partial charge in [0.2, 0.25) is 10.0 Å². The van der Waals surface area contributed by atoms with Crippen molar-refractivity contribution in [2.75, 3.05) is 6.54 Å². The van der Waals surface area contributed by atoms with E-state index in [1.54, 1.807) is 12.1 Å². The number of sulfonamides is 1. The third-order valence-corrected chi connectivity index (χ3v) is 5.41. The minimum Gasteiger partial charge on any atom is -0.481 e. The number of rotatable bonds is 4. The monoisotopic (exact) mass is 283 g/mol. The van der Waals surface area contributed by atoms with Gasteiger partial charge in [-0.1, -0.05) is 12.1 Å². The highest BCUT2D eigenvalue weighted by Crippen LogP contribution is 2.25. The second-order valence-corrected chi connectivity index (χ2v) is 6.71. The van der Waals surface area contributed by atoms with Crippen molar-refractivity contribution in [3.05, 3.63) is 29.8 Å². The summed E-state index contributed by atoms with van der Waals surface area (Å²) >= 11 is 0. The number of hydrogen-bond acceptors (Lipinski definition) is 3. The molecule has 1 heterocycles.